The zero-order valence-corrected chi connectivity index (χ0v) is 14.7. The van der Waals surface area contributed by atoms with E-state index in [-0.39, 0.29) is 11.9 Å². The molecule has 3 aromatic rings. The highest BCUT2D eigenvalue weighted by Gasteiger charge is 2.15. The molecule has 0 spiro atoms. The predicted octanol–water partition coefficient (Wildman–Crippen LogP) is 4.01. The van der Waals surface area contributed by atoms with Gasteiger partial charge < -0.3 is 19.2 Å². The molecule has 0 bridgehead atoms. The average molecular weight is 351 g/mol. The number of aryl methyl sites for hydroxylation is 1. The summed E-state index contributed by atoms with van der Waals surface area (Å²) in [7, 11) is 0. The van der Waals surface area contributed by atoms with Crippen LogP contribution in [0.15, 0.2) is 52.9 Å². The van der Waals surface area contributed by atoms with Gasteiger partial charge in [0.25, 0.3) is 0 Å². The Morgan fingerprint density at radius 1 is 1.08 bits per heavy atom. The van der Waals surface area contributed by atoms with Crippen LogP contribution >= 0.6 is 0 Å². The summed E-state index contributed by atoms with van der Waals surface area (Å²) < 4.78 is 16.9. The lowest BCUT2D eigenvalue weighted by Gasteiger charge is -2.19. The van der Waals surface area contributed by atoms with E-state index in [1.54, 1.807) is 0 Å². The molecule has 0 aliphatic carbocycles. The van der Waals surface area contributed by atoms with E-state index >= 15 is 0 Å². The van der Waals surface area contributed by atoms with Crippen molar-refractivity contribution in [1.29, 1.82) is 0 Å². The second-order valence-corrected chi connectivity index (χ2v) is 6.45. The summed E-state index contributed by atoms with van der Waals surface area (Å²) in [6.07, 6.45) is 1.06. The zero-order valence-electron chi connectivity index (χ0n) is 14.7. The number of amides is 1. The minimum absolute atomic E-state index is 0.00662. The molecule has 26 heavy (non-hydrogen) atoms. The maximum atomic E-state index is 12.3. The average Bonchev–Trinajstić information content (AvgIpc) is 3.10. The smallest absolute Gasteiger partial charge is 0.220 e. The fourth-order valence-electron chi connectivity index (χ4n) is 3.10. The molecule has 1 unspecified atom stereocenters. The first-order valence-electron chi connectivity index (χ1n) is 8.85. The van der Waals surface area contributed by atoms with Crippen LogP contribution in [0.2, 0.25) is 0 Å². The number of hydrogen-bond acceptors (Lipinski definition) is 4. The van der Waals surface area contributed by atoms with Crippen LogP contribution in [0, 0.1) is 0 Å². The van der Waals surface area contributed by atoms with Gasteiger partial charge in [-0.05, 0) is 43.2 Å². The van der Waals surface area contributed by atoms with Crippen LogP contribution in [0.25, 0.3) is 11.0 Å². The maximum absolute atomic E-state index is 12.3. The third-order valence-electron chi connectivity index (χ3n) is 4.50. The number of carbonyl (C=O) groups excluding carboxylic acids is 1. The van der Waals surface area contributed by atoms with Gasteiger partial charge in [0.2, 0.25) is 5.91 Å². The second kappa shape index (κ2) is 7.12. The molecule has 0 radical (unpaired) electrons. The summed E-state index contributed by atoms with van der Waals surface area (Å²) in [5.41, 5.74) is 1.89. The monoisotopic (exact) mass is 351 g/mol. The van der Waals surface area contributed by atoms with Gasteiger partial charge in [-0.3, -0.25) is 4.79 Å². The lowest BCUT2D eigenvalue weighted by atomic mass is 10.1. The maximum Gasteiger partial charge on any atom is 0.220 e. The second-order valence-electron chi connectivity index (χ2n) is 6.45. The normalized spacial score (nSPS) is 14.2. The fraction of sp³-hybridized carbons (Fsp3) is 0.286. The first-order chi connectivity index (χ1) is 12.7. The summed E-state index contributed by atoms with van der Waals surface area (Å²) >= 11 is 0. The lowest BCUT2D eigenvalue weighted by Crippen LogP contribution is -2.26. The molecule has 1 aliphatic heterocycles. The van der Waals surface area contributed by atoms with Gasteiger partial charge in [-0.1, -0.05) is 24.3 Å². The Balaban J connectivity index is 1.34. The molecule has 1 aliphatic rings. The van der Waals surface area contributed by atoms with Crippen LogP contribution in [-0.2, 0) is 11.2 Å². The van der Waals surface area contributed by atoms with E-state index in [9.17, 15) is 4.79 Å². The predicted molar refractivity (Wildman–Crippen MR) is 98.5 cm³/mol. The SMILES string of the molecule is CC(NC(=O)CCc1ccc2c(c1)OCCO2)c1cc2ccccc2o1. The Morgan fingerprint density at radius 3 is 2.73 bits per heavy atom. The molecule has 4 rings (SSSR count). The Morgan fingerprint density at radius 2 is 1.88 bits per heavy atom. The molecular weight excluding hydrogens is 330 g/mol. The standard InChI is InChI=1S/C21H21NO4/c1-14(19-13-16-4-2-3-5-17(16)26-19)22-21(23)9-7-15-6-8-18-20(12-15)25-11-10-24-18/h2-6,8,12-14H,7,9-11H2,1H3,(H,22,23). The van der Waals surface area contributed by atoms with E-state index in [2.05, 4.69) is 5.32 Å². The van der Waals surface area contributed by atoms with Crippen molar-refractivity contribution < 1.29 is 18.7 Å². The van der Waals surface area contributed by atoms with Crippen LogP contribution in [0.3, 0.4) is 0 Å². The molecule has 1 amide bonds. The highest BCUT2D eigenvalue weighted by atomic mass is 16.6. The Kier molecular flexibility index (Phi) is 4.52. The van der Waals surface area contributed by atoms with Crippen molar-refractivity contribution in [2.24, 2.45) is 0 Å². The third-order valence-corrected chi connectivity index (χ3v) is 4.50. The number of carbonyl (C=O) groups is 1. The summed E-state index contributed by atoms with van der Waals surface area (Å²) in [5.74, 6) is 2.28. The van der Waals surface area contributed by atoms with E-state index in [0.29, 0.717) is 26.1 Å². The van der Waals surface area contributed by atoms with Crippen molar-refractivity contribution in [2.45, 2.75) is 25.8 Å². The highest BCUT2D eigenvalue weighted by Crippen LogP contribution is 2.31. The van der Waals surface area contributed by atoms with Gasteiger partial charge in [0.1, 0.15) is 24.6 Å². The number of fused-ring (bicyclic) bond motifs is 2. The van der Waals surface area contributed by atoms with Crippen molar-refractivity contribution in [1.82, 2.24) is 5.32 Å². The minimum Gasteiger partial charge on any atom is -0.486 e. The van der Waals surface area contributed by atoms with Crippen LogP contribution in [-0.4, -0.2) is 19.1 Å². The molecule has 2 heterocycles. The van der Waals surface area contributed by atoms with Crippen LogP contribution < -0.4 is 14.8 Å². The van der Waals surface area contributed by atoms with Crippen LogP contribution in [0.4, 0.5) is 0 Å². The van der Waals surface area contributed by atoms with Crippen LogP contribution in [0.5, 0.6) is 11.5 Å². The van der Waals surface area contributed by atoms with Gasteiger partial charge in [0, 0.05) is 11.8 Å². The molecule has 2 aromatic carbocycles. The van der Waals surface area contributed by atoms with Gasteiger partial charge in [0.05, 0.1) is 6.04 Å². The van der Waals surface area contributed by atoms with E-state index in [0.717, 1.165) is 33.8 Å². The number of para-hydroxylation sites is 1. The Hall–Kier alpha value is -2.95. The van der Waals surface area contributed by atoms with Gasteiger partial charge in [-0.15, -0.1) is 0 Å². The number of rotatable bonds is 5. The highest BCUT2D eigenvalue weighted by molar-refractivity contribution is 5.79. The minimum atomic E-state index is -0.171. The Labute approximate surface area is 151 Å². The summed E-state index contributed by atoms with van der Waals surface area (Å²) in [4.78, 5) is 12.3. The zero-order chi connectivity index (χ0) is 17.9. The molecule has 0 saturated heterocycles. The molecule has 134 valence electrons. The number of furan rings is 1. The first kappa shape index (κ1) is 16.5. The third kappa shape index (κ3) is 3.52. The molecular formula is C21H21NO4. The van der Waals surface area contributed by atoms with E-state index in [4.69, 9.17) is 13.9 Å². The van der Waals surface area contributed by atoms with Crippen molar-refractivity contribution in [3.05, 3.63) is 59.9 Å². The van der Waals surface area contributed by atoms with Gasteiger partial charge >= 0.3 is 0 Å². The quantitative estimate of drug-likeness (QED) is 0.754. The first-order valence-corrected chi connectivity index (χ1v) is 8.85. The van der Waals surface area contributed by atoms with Gasteiger partial charge in [0.15, 0.2) is 11.5 Å². The van der Waals surface area contributed by atoms with Gasteiger partial charge in [-0.25, -0.2) is 0 Å². The van der Waals surface area contributed by atoms with E-state index in [1.807, 2.05) is 55.5 Å². The van der Waals surface area contributed by atoms with Gasteiger partial charge in [-0.2, -0.15) is 0 Å². The Bertz CT molecular complexity index is 898. The van der Waals surface area contributed by atoms with Crippen molar-refractivity contribution in [3.63, 3.8) is 0 Å². The molecule has 5 nitrogen and oxygen atoms in total. The van der Waals surface area contributed by atoms with E-state index in [1.165, 1.54) is 0 Å². The number of benzene rings is 2. The number of nitrogens with one attached hydrogen (secondary N) is 1. The summed E-state index contributed by atoms with van der Waals surface area (Å²) in [6.45, 7) is 3.07. The molecule has 0 saturated carbocycles. The largest absolute Gasteiger partial charge is 0.486 e. The molecule has 5 heteroatoms. The lowest BCUT2D eigenvalue weighted by molar-refractivity contribution is -0.121. The molecule has 0 fully saturated rings. The van der Waals surface area contributed by atoms with Crippen molar-refractivity contribution in [3.8, 4) is 11.5 Å². The topological polar surface area (TPSA) is 60.7 Å². The number of hydrogen-bond donors (Lipinski definition) is 1. The number of ether oxygens (including phenoxy) is 2. The molecule has 1 N–H and O–H groups in total. The molecule has 1 atom stereocenters. The van der Waals surface area contributed by atoms with Crippen LogP contribution in [0.1, 0.15) is 30.7 Å². The van der Waals surface area contributed by atoms with E-state index < -0.39 is 0 Å². The summed E-state index contributed by atoms with van der Waals surface area (Å²) in [5, 5.41) is 4.04. The molecule has 1 aromatic heterocycles. The van der Waals surface area contributed by atoms with Crippen molar-refractivity contribution in [2.75, 3.05) is 13.2 Å². The van der Waals surface area contributed by atoms with Crippen molar-refractivity contribution >= 4 is 16.9 Å². The summed E-state index contributed by atoms with van der Waals surface area (Å²) in [6, 6.07) is 15.5. The fourth-order valence-corrected chi connectivity index (χ4v) is 3.10.